The summed E-state index contributed by atoms with van der Waals surface area (Å²) in [5, 5.41) is 3.52. The summed E-state index contributed by atoms with van der Waals surface area (Å²) >= 11 is 0. The maximum Gasteiger partial charge on any atom is 0.191 e. The van der Waals surface area contributed by atoms with Crippen LogP contribution in [-0.2, 0) is 0 Å². The van der Waals surface area contributed by atoms with Crippen molar-refractivity contribution in [3.63, 3.8) is 0 Å². The van der Waals surface area contributed by atoms with Gasteiger partial charge in [-0.3, -0.25) is 0 Å². The zero-order valence-corrected chi connectivity index (χ0v) is 11.9. The highest BCUT2D eigenvalue weighted by Gasteiger charge is 2.04. The Bertz CT molecular complexity index is 502. The second-order valence-electron chi connectivity index (χ2n) is 5.02. The number of aryl methyl sites for hydroxylation is 1. The number of nitrogens with zero attached hydrogens (tertiary/aromatic N) is 1. The Hall–Kier alpha value is -1.77. The fourth-order valence-electron chi connectivity index (χ4n) is 2.10. The van der Waals surface area contributed by atoms with E-state index in [1.54, 1.807) is 6.26 Å². The molecule has 0 bridgehead atoms. The summed E-state index contributed by atoms with van der Waals surface area (Å²) in [4.78, 5) is 4.32. The molecule has 0 amide bonds. The summed E-state index contributed by atoms with van der Waals surface area (Å²) < 4.78 is 5.23. The van der Waals surface area contributed by atoms with Gasteiger partial charge in [-0.15, -0.1) is 0 Å². The van der Waals surface area contributed by atoms with Crippen LogP contribution in [0.4, 0.5) is 5.69 Å². The number of unbranched alkanes of at least 4 members (excludes halogenated alkanes) is 1. The van der Waals surface area contributed by atoms with Gasteiger partial charge < -0.3 is 9.73 Å². The molecule has 0 aliphatic rings. The van der Waals surface area contributed by atoms with Gasteiger partial charge in [0.1, 0.15) is 12.0 Å². The SMILES string of the molecule is CCCCC(C)Nc1ccc(-c2coc(C)n2)cc1. The van der Waals surface area contributed by atoms with Gasteiger partial charge in [-0.05, 0) is 25.5 Å². The summed E-state index contributed by atoms with van der Waals surface area (Å²) in [5.41, 5.74) is 3.14. The van der Waals surface area contributed by atoms with E-state index in [-0.39, 0.29) is 0 Å². The molecule has 2 rings (SSSR count). The van der Waals surface area contributed by atoms with Crippen LogP contribution < -0.4 is 5.32 Å². The average Bonchev–Trinajstić information content (AvgIpc) is 2.84. The first kappa shape index (κ1) is 13.7. The van der Waals surface area contributed by atoms with Crippen LogP contribution in [0.15, 0.2) is 34.9 Å². The summed E-state index contributed by atoms with van der Waals surface area (Å²) in [5.74, 6) is 0.699. The van der Waals surface area contributed by atoms with Crippen molar-refractivity contribution in [2.75, 3.05) is 5.32 Å². The largest absolute Gasteiger partial charge is 0.449 e. The lowest BCUT2D eigenvalue weighted by atomic mass is 10.1. The minimum absolute atomic E-state index is 0.514. The molecule has 1 atom stereocenters. The Morgan fingerprint density at radius 2 is 2.00 bits per heavy atom. The fourth-order valence-corrected chi connectivity index (χ4v) is 2.10. The predicted molar refractivity (Wildman–Crippen MR) is 79.3 cm³/mol. The normalized spacial score (nSPS) is 12.4. The fraction of sp³-hybridized carbons (Fsp3) is 0.438. The lowest BCUT2D eigenvalue weighted by Gasteiger charge is -2.14. The molecule has 0 fully saturated rings. The third-order valence-electron chi connectivity index (χ3n) is 3.20. The van der Waals surface area contributed by atoms with Crippen molar-refractivity contribution >= 4 is 5.69 Å². The first-order valence-electron chi connectivity index (χ1n) is 6.98. The number of aromatic nitrogens is 1. The minimum atomic E-state index is 0.514. The van der Waals surface area contributed by atoms with Gasteiger partial charge in [-0.2, -0.15) is 0 Å². The summed E-state index contributed by atoms with van der Waals surface area (Å²) in [6.07, 6.45) is 5.42. The molecule has 2 aromatic rings. The standard InChI is InChI=1S/C16H22N2O/c1-4-5-6-12(2)17-15-9-7-14(8-10-15)16-11-19-13(3)18-16/h7-12,17H,4-6H2,1-3H3. The molecule has 1 N–H and O–H groups in total. The topological polar surface area (TPSA) is 38.1 Å². The van der Waals surface area contributed by atoms with E-state index in [1.165, 1.54) is 19.3 Å². The second kappa shape index (κ2) is 6.41. The van der Waals surface area contributed by atoms with Crippen LogP contribution in [0.5, 0.6) is 0 Å². The van der Waals surface area contributed by atoms with Gasteiger partial charge in [0, 0.05) is 24.2 Å². The smallest absolute Gasteiger partial charge is 0.191 e. The third kappa shape index (κ3) is 3.85. The molecule has 102 valence electrons. The van der Waals surface area contributed by atoms with E-state index in [0.717, 1.165) is 16.9 Å². The van der Waals surface area contributed by atoms with Crippen molar-refractivity contribution in [2.45, 2.75) is 46.1 Å². The van der Waals surface area contributed by atoms with Gasteiger partial charge in [0.2, 0.25) is 0 Å². The summed E-state index contributed by atoms with van der Waals surface area (Å²) in [6, 6.07) is 8.86. The number of nitrogens with one attached hydrogen (secondary N) is 1. The molecule has 1 heterocycles. The molecule has 1 unspecified atom stereocenters. The van der Waals surface area contributed by atoms with Crippen LogP contribution in [0.1, 0.15) is 39.0 Å². The highest BCUT2D eigenvalue weighted by Crippen LogP contribution is 2.21. The zero-order valence-electron chi connectivity index (χ0n) is 11.9. The monoisotopic (exact) mass is 258 g/mol. The molecular formula is C16H22N2O. The van der Waals surface area contributed by atoms with Gasteiger partial charge in [-0.1, -0.05) is 31.9 Å². The lowest BCUT2D eigenvalue weighted by molar-refractivity contribution is 0.521. The van der Waals surface area contributed by atoms with Crippen molar-refractivity contribution in [3.05, 3.63) is 36.4 Å². The summed E-state index contributed by atoms with van der Waals surface area (Å²) in [7, 11) is 0. The average molecular weight is 258 g/mol. The molecule has 0 radical (unpaired) electrons. The molecule has 1 aromatic heterocycles. The van der Waals surface area contributed by atoms with Gasteiger partial charge in [0.25, 0.3) is 0 Å². The Morgan fingerprint density at radius 3 is 2.58 bits per heavy atom. The van der Waals surface area contributed by atoms with E-state index in [0.29, 0.717) is 11.9 Å². The van der Waals surface area contributed by atoms with Crippen molar-refractivity contribution in [1.29, 1.82) is 0 Å². The quantitative estimate of drug-likeness (QED) is 0.820. The van der Waals surface area contributed by atoms with E-state index in [1.807, 2.05) is 6.92 Å². The van der Waals surface area contributed by atoms with E-state index in [9.17, 15) is 0 Å². The Labute approximate surface area is 115 Å². The number of benzene rings is 1. The van der Waals surface area contributed by atoms with Gasteiger partial charge in [-0.25, -0.2) is 4.98 Å². The predicted octanol–water partition coefficient (Wildman–Crippen LogP) is 4.64. The Kier molecular flexibility index (Phi) is 4.61. The van der Waals surface area contributed by atoms with Crippen molar-refractivity contribution in [3.8, 4) is 11.3 Å². The molecular weight excluding hydrogens is 236 g/mol. The molecule has 3 nitrogen and oxygen atoms in total. The van der Waals surface area contributed by atoms with Crippen LogP contribution in [0.2, 0.25) is 0 Å². The van der Waals surface area contributed by atoms with Crippen molar-refractivity contribution in [1.82, 2.24) is 4.98 Å². The van der Waals surface area contributed by atoms with Crippen molar-refractivity contribution < 1.29 is 4.42 Å². The minimum Gasteiger partial charge on any atom is -0.449 e. The van der Waals surface area contributed by atoms with Crippen LogP contribution in [0, 0.1) is 6.92 Å². The maximum atomic E-state index is 5.23. The van der Waals surface area contributed by atoms with Crippen molar-refractivity contribution in [2.24, 2.45) is 0 Å². The third-order valence-corrected chi connectivity index (χ3v) is 3.20. The van der Waals surface area contributed by atoms with Gasteiger partial charge in [0.15, 0.2) is 5.89 Å². The molecule has 0 saturated carbocycles. The molecule has 0 aliphatic heterocycles. The summed E-state index contributed by atoms with van der Waals surface area (Å²) in [6.45, 7) is 6.31. The molecule has 1 aromatic carbocycles. The van der Waals surface area contributed by atoms with Crippen LogP contribution in [0.3, 0.4) is 0 Å². The number of anilines is 1. The van der Waals surface area contributed by atoms with Gasteiger partial charge >= 0.3 is 0 Å². The van der Waals surface area contributed by atoms with E-state index >= 15 is 0 Å². The highest BCUT2D eigenvalue weighted by atomic mass is 16.3. The first-order chi connectivity index (χ1) is 9.19. The number of oxazole rings is 1. The van der Waals surface area contributed by atoms with Crippen LogP contribution >= 0.6 is 0 Å². The number of hydrogen-bond acceptors (Lipinski definition) is 3. The Balaban J connectivity index is 1.98. The van der Waals surface area contributed by atoms with E-state index in [4.69, 9.17) is 4.42 Å². The van der Waals surface area contributed by atoms with E-state index < -0.39 is 0 Å². The molecule has 0 saturated heterocycles. The number of rotatable bonds is 6. The molecule has 0 aliphatic carbocycles. The first-order valence-corrected chi connectivity index (χ1v) is 6.98. The lowest BCUT2D eigenvalue weighted by Crippen LogP contribution is -2.14. The maximum absolute atomic E-state index is 5.23. The molecule has 19 heavy (non-hydrogen) atoms. The van der Waals surface area contributed by atoms with E-state index in [2.05, 4.69) is 48.4 Å². The highest BCUT2D eigenvalue weighted by molar-refractivity contribution is 5.61. The molecule has 0 spiro atoms. The molecule has 3 heteroatoms. The van der Waals surface area contributed by atoms with Crippen LogP contribution in [0.25, 0.3) is 11.3 Å². The zero-order chi connectivity index (χ0) is 13.7. The van der Waals surface area contributed by atoms with Gasteiger partial charge in [0.05, 0.1) is 0 Å². The Morgan fingerprint density at radius 1 is 1.26 bits per heavy atom. The number of hydrogen-bond donors (Lipinski definition) is 1. The van der Waals surface area contributed by atoms with Crippen LogP contribution in [-0.4, -0.2) is 11.0 Å². The second-order valence-corrected chi connectivity index (χ2v) is 5.02.